The molecule has 1 aromatic rings. The van der Waals surface area contributed by atoms with Gasteiger partial charge in [0.2, 0.25) is 0 Å². The van der Waals surface area contributed by atoms with Crippen molar-refractivity contribution in [1.82, 2.24) is 10.3 Å². The van der Waals surface area contributed by atoms with Crippen LogP contribution in [0.15, 0.2) is 0 Å². The van der Waals surface area contributed by atoms with E-state index in [0.717, 1.165) is 30.1 Å². The third kappa shape index (κ3) is 2.86. The summed E-state index contributed by atoms with van der Waals surface area (Å²) in [6.07, 6.45) is 5.39. The van der Waals surface area contributed by atoms with Gasteiger partial charge >= 0.3 is 0 Å². The molecule has 2 saturated carbocycles. The molecular weight excluding hydrogens is 284 g/mol. The average Bonchev–Trinajstić information content (AvgIpc) is 3.18. The highest BCUT2D eigenvalue weighted by atomic mass is 32.1. The number of rotatable bonds is 5. The van der Waals surface area contributed by atoms with Crippen molar-refractivity contribution in [3.63, 3.8) is 0 Å². The van der Waals surface area contributed by atoms with Crippen molar-refractivity contribution >= 4 is 28.2 Å². The largest absolute Gasteiger partial charge is 0.382 e. The number of carbonyl (C=O) groups is 1. The first-order valence-corrected chi connectivity index (χ1v) is 8.65. The van der Waals surface area contributed by atoms with Gasteiger partial charge in [-0.1, -0.05) is 17.8 Å². The fraction of sp³-hybridized carbons (Fsp3) is 0.733. The normalized spacial score (nSPS) is 27.0. The number of nitrogens with one attached hydrogen (secondary N) is 1. The summed E-state index contributed by atoms with van der Waals surface area (Å²) in [5.41, 5.74) is 5.89. The Morgan fingerprint density at radius 1 is 1.48 bits per heavy atom. The molecular formula is C15H24N4OS. The number of thiazole rings is 1. The van der Waals surface area contributed by atoms with E-state index < -0.39 is 0 Å². The number of carbonyl (C=O) groups excluding carboxylic acids is 1. The average molecular weight is 308 g/mol. The molecule has 3 atom stereocenters. The zero-order valence-electron chi connectivity index (χ0n) is 12.8. The molecule has 0 saturated heterocycles. The first-order chi connectivity index (χ1) is 10.1. The van der Waals surface area contributed by atoms with E-state index in [9.17, 15) is 4.79 Å². The Bertz CT molecular complexity index is 530. The minimum atomic E-state index is -0.0662. The molecule has 0 spiro atoms. The molecule has 6 heteroatoms. The number of hydrogen-bond acceptors (Lipinski definition) is 5. The molecule has 0 radical (unpaired) electrons. The van der Waals surface area contributed by atoms with Crippen molar-refractivity contribution in [2.75, 3.05) is 30.8 Å². The quantitative estimate of drug-likeness (QED) is 0.876. The number of aromatic nitrogens is 1. The summed E-state index contributed by atoms with van der Waals surface area (Å²) in [7, 11) is 1.95. The van der Waals surface area contributed by atoms with Gasteiger partial charge in [0.1, 0.15) is 10.7 Å². The number of anilines is 2. The third-order valence-corrected chi connectivity index (χ3v) is 6.24. The predicted octanol–water partition coefficient (Wildman–Crippen LogP) is 2.35. The van der Waals surface area contributed by atoms with Crippen LogP contribution in [0, 0.1) is 17.8 Å². The van der Waals surface area contributed by atoms with Crippen molar-refractivity contribution in [2.45, 2.75) is 32.6 Å². The van der Waals surface area contributed by atoms with Gasteiger partial charge in [-0.05, 0) is 43.9 Å². The summed E-state index contributed by atoms with van der Waals surface area (Å²) in [5.74, 6) is 2.69. The summed E-state index contributed by atoms with van der Waals surface area (Å²) >= 11 is 1.38. The van der Waals surface area contributed by atoms with Crippen LogP contribution < -0.4 is 16.0 Å². The van der Waals surface area contributed by atoms with Crippen molar-refractivity contribution in [3.8, 4) is 0 Å². The van der Waals surface area contributed by atoms with Gasteiger partial charge in [0, 0.05) is 20.1 Å². The number of amides is 1. The van der Waals surface area contributed by atoms with E-state index in [0.29, 0.717) is 16.6 Å². The van der Waals surface area contributed by atoms with E-state index in [2.05, 4.69) is 10.3 Å². The van der Waals surface area contributed by atoms with Gasteiger partial charge < -0.3 is 16.0 Å². The number of nitrogen functional groups attached to an aromatic ring is 1. The Morgan fingerprint density at radius 3 is 2.90 bits per heavy atom. The van der Waals surface area contributed by atoms with Crippen molar-refractivity contribution in [2.24, 2.45) is 17.8 Å². The Balaban J connectivity index is 1.59. The maximum absolute atomic E-state index is 12.3. The number of nitrogens with zero attached hydrogens (tertiary/aromatic N) is 2. The molecule has 116 valence electrons. The maximum Gasteiger partial charge on any atom is 0.265 e. The molecule has 3 unspecified atom stereocenters. The van der Waals surface area contributed by atoms with Crippen LogP contribution in [0.3, 0.4) is 0 Å². The molecule has 5 nitrogen and oxygen atoms in total. The Hall–Kier alpha value is -1.30. The molecule has 2 bridgehead atoms. The second kappa shape index (κ2) is 5.83. The smallest absolute Gasteiger partial charge is 0.265 e. The Kier molecular flexibility index (Phi) is 4.06. The third-order valence-electron chi connectivity index (χ3n) is 5.06. The van der Waals surface area contributed by atoms with Crippen LogP contribution in [0.25, 0.3) is 0 Å². The lowest BCUT2D eigenvalue weighted by Crippen LogP contribution is -2.31. The zero-order valence-corrected chi connectivity index (χ0v) is 13.6. The molecule has 3 N–H and O–H groups in total. The first kappa shape index (κ1) is 14.6. The standard InChI is InChI=1S/C15H24N4OS/c1-3-19(2)15-18-13(16)12(21-15)14(20)17-8-11-7-9-4-5-10(11)6-9/h9-11H,3-8,16H2,1-2H3,(H,17,20). The predicted molar refractivity (Wildman–Crippen MR) is 86.7 cm³/mol. The van der Waals surface area contributed by atoms with Crippen molar-refractivity contribution in [1.29, 1.82) is 0 Å². The lowest BCUT2D eigenvalue weighted by Gasteiger charge is -2.21. The van der Waals surface area contributed by atoms with Crippen LogP contribution in [-0.4, -0.2) is 31.0 Å². The van der Waals surface area contributed by atoms with Gasteiger partial charge in [-0.2, -0.15) is 0 Å². The molecule has 2 aliphatic rings. The topological polar surface area (TPSA) is 71.2 Å². The zero-order chi connectivity index (χ0) is 15.0. The summed E-state index contributed by atoms with van der Waals surface area (Å²) in [6, 6.07) is 0. The van der Waals surface area contributed by atoms with Crippen LogP contribution in [0.1, 0.15) is 42.3 Å². The molecule has 3 rings (SSSR count). The van der Waals surface area contributed by atoms with Gasteiger partial charge in [0.15, 0.2) is 5.13 Å². The second-order valence-corrected chi connectivity index (χ2v) is 7.35. The van der Waals surface area contributed by atoms with E-state index in [1.54, 1.807) is 0 Å². The van der Waals surface area contributed by atoms with Gasteiger partial charge in [-0.25, -0.2) is 4.98 Å². The molecule has 2 fully saturated rings. The fourth-order valence-corrected chi connectivity index (χ4v) is 4.64. The monoisotopic (exact) mass is 308 g/mol. The van der Waals surface area contributed by atoms with Crippen LogP contribution >= 0.6 is 11.3 Å². The molecule has 0 aromatic carbocycles. The number of hydrogen-bond donors (Lipinski definition) is 2. The lowest BCUT2D eigenvalue weighted by atomic mass is 9.89. The summed E-state index contributed by atoms with van der Waals surface area (Å²) in [5, 5.41) is 3.88. The maximum atomic E-state index is 12.3. The van der Waals surface area contributed by atoms with Gasteiger partial charge in [0.25, 0.3) is 5.91 Å². The van der Waals surface area contributed by atoms with E-state index >= 15 is 0 Å². The highest BCUT2D eigenvalue weighted by Gasteiger charge is 2.39. The second-order valence-electron chi connectivity index (χ2n) is 6.37. The molecule has 1 aromatic heterocycles. The van der Waals surface area contributed by atoms with Gasteiger partial charge in [-0.15, -0.1) is 0 Å². The van der Waals surface area contributed by atoms with E-state index in [4.69, 9.17) is 5.73 Å². The lowest BCUT2D eigenvalue weighted by molar-refractivity contribution is 0.0946. The van der Waals surface area contributed by atoms with Crippen LogP contribution in [0.4, 0.5) is 10.9 Å². The summed E-state index contributed by atoms with van der Waals surface area (Å²) in [4.78, 5) is 19.1. The molecule has 0 aliphatic heterocycles. The summed E-state index contributed by atoms with van der Waals surface area (Å²) < 4.78 is 0. The minimum Gasteiger partial charge on any atom is -0.382 e. The first-order valence-electron chi connectivity index (χ1n) is 7.84. The Morgan fingerprint density at radius 2 is 2.29 bits per heavy atom. The molecule has 2 aliphatic carbocycles. The summed E-state index contributed by atoms with van der Waals surface area (Å²) in [6.45, 7) is 3.68. The minimum absolute atomic E-state index is 0.0662. The molecule has 1 heterocycles. The highest BCUT2D eigenvalue weighted by molar-refractivity contribution is 7.18. The van der Waals surface area contributed by atoms with Crippen molar-refractivity contribution in [3.05, 3.63) is 4.88 Å². The number of nitrogens with two attached hydrogens (primary N) is 1. The Labute approximate surface area is 129 Å². The van der Waals surface area contributed by atoms with Crippen LogP contribution in [0.5, 0.6) is 0 Å². The SMILES string of the molecule is CCN(C)c1nc(N)c(C(=O)NCC2CC3CCC2C3)s1. The fourth-order valence-electron chi connectivity index (χ4n) is 3.71. The van der Waals surface area contributed by atoms with E-state index in [1.165, 1.54) is 37.0 Å². The van der Waals surface area contributed by atoms with Crippen LogP contribution in [-0.2, 0) is 0 Å². The van der Waals surface area contributed by atoms with Crippen LogP contribution in [0.2, 0.25) is 0 Å². The van der Waals surface area contributed by atoms with Gasteiger partial charge in [0.05, 0.1) is 0 Å². The molecule has 1 amide bonds. The van der Waals surface area contributed by atoms with Crippen molar-refractivity contribution < 1.29 is 4.79 Å². The highest BCUT2D eigenvalue weighted by Crippen LogP contribution is 2.47. The van der Waals surface area contributed by atoms with E-state index in [1.807, 2.05) is 18.9 Å². The molecule has 21 heavy (non-hydrogen) atoms. The van der Waals surface area contributed by atoms with E-state index in [-0.39, 0.29) is 5.91 Å². The number of fused-ring (bicyclic) bond motifs is 2. The van der Waals surface area contributed by atoms with Gasteiger partial charge in [-0.3, -0.25) is 4.79 Å².